The first-order valence-corrected chi connectivity index (χ1v) is 10.2. The zero-order valence-electron chi connectivity index (χ0n) is 17.2. The lowest BCUT2D eigenvalue weighted by Gasteiger charge is -2.20. The number of anilines is 1. The Kier molecular flexibility index (Phi) is 7.88. The molecule has 1 heterocycles. The fourth-order valence-corrected chi connectivity index (χ4v) is 3.08. The van der Waals surface area contributed by atoms with Crippen molar-refractivity contribution in [1.29, 1.82) is 0 Å². The smallest absolute Gasteiger partial charge is 0.309 e. The highest BCUT2D eigenvalue weighted by atomic mass is 35.5. The summed E-state index contributed by atoms with van der Waals surface area (Å²) >= 11 is 6.12. The number of esters is 1. The van der Waals surface area contributed by atoms with E-state index >= 15 is 0 Å². The molecule has 2 N–H and O–H groups in total. The van der Waals surface area contributed by atoms with Crippen LogP contribution in [0.2, 0.25) is 5.02 Å². The maximum atomic E-state index is 12.7. The first-order valence-electron chi connectivity index (χ1n) is 9.81. The molecule has 0 spiro atoms. The van der Waals surface area contributed by atoms with Gasteiger partial charge in [-0.25, -0.2) is 9.97 Å². The third-order valence-corrected chi connectivity index (χ3v) is 4.80. The number of rotatable bonds is 8. The van der Waals surface area contributed by atoms with Gasteiger partial charge in [0.25, 0.3) is 11.8 Å². The maximum absolute atomic E-state index is 12.7. The number of halogens is 1. The van der Waals surface area contributed by atoms with Gasteiger partial charge in [-0.2, -0.15) is 0 Å². The molecule has 0 radical (unpaired) electrons. The molecule has 0 bridgehead atoms. The van der Waals surface area contributed by atoms with Crippen molar-refractivity contribution in [2.24, 2.45) is 0 Å². The zero-order chi connectivity index (χ0) is 22.9. The third-order valence-electron chi connectivity index (χ3n) is 4.47. The van der Waals surface area contributed by atoms with Crippen LogP contribution in [0.4, 0.5) is 5.95 Å². The summed E-state index contributed by atoms with van der Waals surface area (Å²) in [6, 6.07) is 16.5. The van der Waals surface area contributed by atoms with E-state index < -0.39 is 29.9 Å². The van der Waals surface area contributed by atoms with Crippen molar-refractivity contribution < 1.29 is 19.1 Å². The quantitative estimate of drug-likeness (QED) is 0.505. The van der Waals surface area contributed by atoms with Crippen molar-refractivity contribution in [2.45, 2.75) is 25.5 Å². The minimum atomic E-state index is -1.08. The molecule has 2 atom stereocenters. The first kappa shape index (κ1) is 22.9. The SMILES string of the molecule is C[C@@H](OC(=O)C[C@@H](NC(=O)c1ccccc1Cl)c1ccccc1)C(=O)Nc1ncccn1. The van der Waals surface area contributed by atoms with Crippen molar-refractivity contribution in [3.8, 4) is 0 Å². The van der Waals surface area contributed by atoms with Crippen LogP contribution in [0, 0.1) is 0 Å². The standard InChI is InChI=1S/C23H21ClN4O4/c1-15(21(30)28-23-25-12-7-13-26-23)32-20(29)14-19(16-8-3-2-4-9-16)27-22(31)17-10-5-6-11-18(17)24/h2-13,15,19H,14H2,1H3,(H,27,31)(H,25,26,28,30)/t15-,19-/m1/s1. The molecular formula is C23H21ClN4O4. The van der Waals surface area contributed by atoms with E-state index in [4.69, 9.17) is 16.3 Å². The summed E-state index contributed by atoms with van der Waals surface area (Å²) in [5.74, 6) is -1.55. The summed E-state index contributed by atoms with van der Waals surface area (Å²) in [4.78, 5) is 45.3. The summed E-state index contributed by atoms with van der Waals surface area (Å²) in [6.45, 7) is 1.44. The van der Waals surface area contributed by atoms with Gasteiger partial charge >= 0.3 is 5.97 Å². The van der Waals surface area contributed by atoms with Crippen LogP contribution in [0.1, 0.15) is 35.3 Å². The monoisotopic (exact) mass is 452 g/mol. The average Bonchev–Trinajstić information content (AvgIpc) is 2.80. The van der Waals surface area contributed by atoms with Gasteiger partial charge in [0.05, 0.1) is 23.0 Å². The summed E-state index contributed by atoms with van der Waals surface area (Å²) in [5, 5.41) is 5.59. The van der Waals surface area contributed by atoms with E-state index in [1.165, 1.54) is 19.3 Å². The highest BCUT2D eigenvalue weighted by molar-refractivity contribution is 6.33. The Balaban J connectivity index is 1.66. The summed E-state index contributed by atoms with van der Waals surface area (Å²) < 4.78 is 5.26. The molecule has 32 heavy (non-hydrogen) atoms. The number of amides is 2. The zero-order valence-corrected chi connectivity index (χ0v) is 18.0. The highest BCUT2D eigenvalue weighted by Crippen LogP contribution is 2.21. The number of carbonyl (C=O) groups excluding carboxylic acids is 3. The van der Waals surface area contributed by atoms with Gasteiger partial charge in [0.15, 0.2) is 6.10 Å². The largest absolute Gasteiger partial charge is 0.452 e. The van der Waals surface area contributed by atoms with Crippen LogP contribution in [0.3, 0.4) is 0 Å². The number of carbonyl (C=O) groups is 3. The van der Waals surface area contributed by atoms with Crippen molar-refractivity contribution in [2.75, 3.05) is 5.32 Å². The molecular weight excluding hydrogens is 432 g/mol. The predicted molar refractivity (Wildman–Crippen MR) is 119 cm³/mol. The fourth-order valence-electron chi connectivity index (χ4n) is 2.86. The molecule has 2 amide bonds. The Bertz CT molecular complexity index is 1080. The minimum Gasteiger partial charge on any atom is -0.452 e. The van der Waals surface area contributed by atoms with Crippen LogP contribution in [-0.4, -0.2) is 33.9 Å². The Morgan fingerprint density at radius 1 is 0.969 bits per heavy atom. The number of hydrogen-bond acceptors (Lipinski definition) is 6. The van der Waals surface area contributed by atoms with Crippen LogP contribution in [0.15, 0.2) is 73.1 Å². The lowest BCUT2D eigenvalue weighted by atomic mass is 10.0. The van der Waals surface area contributed by atoms with E-state index in [0.717, 1.165) is 0 Å². The molecule has 0 saturated heterocycles. The van der Waals surface area contributed by atoms with E-state index in [0.29, 0.717) is 16.1 Å². The normalized spacial score (nSPS) is 12.3. The molecule has 3 rings (SSSR count). The molecule has 0 aliphatic rings. The molecule has 0 aliphatic heterocycles. The molecule has 0 unspecified atom stereocenters. The van der Waals surface area contributed by atoms with E-state index in [1.54, 1.807) is 54.6 Å². The Hall–Kier alpha value is -3.78. The Morgan fingerprint density at radius 3 is 2.31 bits per heavy atom. The summed E-state index contributed by atoms with van der Waals surface area (Å²) in [5.41, 5.74) is 0.999. The van der Waals surface area contributed by atoms with Crippen LogP contribution >= 0.6 is 11.6 Å². The van der Waals surface area contributed by atoms with Gasteiger partial charge in [0.2, 0.25) is 5.95 Å². The number of benzene rings is 2. The predicted octanol–water partition coefficient (Wildman–Crippen LogP) is 3.56. The topological polar surface area (TPSA) is 110 Å². The van der Waals surface area contributed by atoms with Gasteiger partial charge in [0.1, 0.15) is 0 Å². The molecule has 0 aliphatic carbocycles. The van der Waals surface area contributed by atoms with Crippen LogP contribution in [-0.2, 0) is 14.3 Å². The fraction of sp³-hybridized carbons (Fsp3) is 0.174. The molecule has 2 aromatic carbocycles. The molecule has 1 aromatic heterocycles. The van der Waals surface area contributed by atoms with Gasteiger partial charge in [-0.1, -0.05) is 54.1 Å². The van der Waals surface area contributed by atoms with E-state index in [-0.39, 0.29) is 12.4 Å². The van der Waals surface area contributed by atoms with Crippen LogP contribution in [0.25, 0.3) is 0 Å². The van der Waals surface area contributed by atoms with Crippen LogP contribution < -0.4 is 10.6 Å². The number of nitrogens with one attached hydrogen (secondary N) is 2. The molecule has 9 heteroatoms. The van der Waals surface area contributed by atoms with Crippen molar-refractivity contribution >= 4 is 35.3 Å². The van der Waals surface area contributed by atoms with Gasteiger partial charge in [-0.3, -0.25) is 19.7 Å². The molecule has 8 nitrogen and oxygen atoms in total. The Labute approximate surface area is 190 Å². The van der Waals surface area contributed by atoms with Gasteiger partial charge in [-0.05, 0) is 30.7 Å². The van der Waals surface area contributed by atoms with Crippen molar-refractivity contribution in [3.05, 3.63) is 89.2 Å². The highest BCUT2D eigenvalue weighted by Gasteiger charge is 2.24. The number of ether oxygens (including phenoxy) is 1. The first-order chi connectivity index (χ1) is 15.4. The molecule has 0 fully saturated rings. The van der Waals surface area contributed by atoms with E-state index in [2.05, 4.69) is 20.6 Å². The minimum absolute atomic E-state index is 0.106. The molecule has 164 valence electrons. The van der Waals surface area contributed by atoms with E-state index in [9.17, 15) is 14.4 Å². The average molecular weight is 453 g/mol. The number of aromatic nitrogens is 2. The molecule has 3 aromatic rings. The van der Waals surface area contributed by atoms with Crippen molar-refractivity contribution in [1.82, 2.24) is 15.3 Å². The van der Waals surface area contributed by atoms with Gasteiger partial charge < -0.3 is 10.1 Å². The molecule has 0 saturated carbocycles. The second kappa shape index (κ2) is 11.0. The second-order valence-corrected chi connectivity index (χ2v) is 7.22. The summed E-state index contributed by atoms with van der Waals surface area (Å²) in [7, 11) is 0. The Morgan fingerprint density at radius 2 is 1.62 bits per heavy atom. The van der Waals surface area contributed by atoms with E-state index in [1.807, 2.05) is 6.07 Å². The lowest BCUT2D eigenvalue weighted by molar-refractivity contribution is -0.153. The van der Waals surface area contributed by atoms with Crippen LogP contribution in [0.5, 0.6) is 0 Å². The maximum Gasteiger partial charge on any atom is 0.309 e. The third kappa shape index (κ3) is 6.36. The lowest BCUT2D eigenvalue weighted by Crippen LogP contribution is -2.34. The second-order valence-electron chi connectivity index (χ2n) is 6.81. The number of nitrogens with zero attached hydrogens (tertiary/aromatic N) is 2. The summed E-state index contributed by atoms with van der Waals surface area (Å²) in [6.07, 6.45) is 1.69. The van der Waals surface area contributed by atoms with Gasteiger partial charge in [-0.15, -0.1) is 0 Å². The van der Waals surface area contributed by atoms with Gasteiger partial charge in [0, 0.05) is 12.4 Å². The number of hydrogen-bond donors (Lipinski definition) is 2. The van der Waals surface area contributed by atoms with Crippen molar-refractivity contribution in [3.63, 3.8) is 0 Å².